The number of hydrogen-bond acceptors (Lipinski definition) is 4. The van der Waals surface area contributed by atoms with Crippen LogP contribution in [0.4, 0.5) is 5.82 Å². The van der Waals surface area contributed by atoms with Crippen LogP contribution in [0.15, 0.2) is 34.9 Å². The average molecular weight is 323 g/mol. The van der Waals surface area contributed by atoms with Crippen LogP contribution in [0.2, 0.25) is 0 Å². The molecule has 1 aliphatic heterocycles. The van der Waals surface area contributed by atoms with Crippen LogP contribution in [0, 0.1) is 0 Å². The van der Waals surface area contributed by atoms with Crippen molar-refractivity contribution in [3.63, 3.8) is 0 Å². The maximum atomic E-state index is 10.1. The number of aliphatic hydroxyl groups is 1. The van der Waals surface area contributed by atoms with Crippen LogP contribution in [-0.2, 0) is 7.05 Å². The number of rotatable bonds is 1. The summed E-state index contributed by atoms with van der Waals surface area (Å²) in [7, 11) is 1.90. The predicted molar refractivity (Wildman–Crippen MR) is 78.7 cm³/mol. The first-order valence-corrected chi connectivity index (χ1v) is 6.87. The Hall–Kier alpha value is -1.53. The van der Waals surface area contributed by atoms with E-state index in [4.69, 9.17) is 0 Å². The molecule has 2 aromatic rings. The van der Waals surface area contributed by atoms with Gasteiger partial charge in [-0.2, -0.15) is 5.10 Å². The molecule has 3 rings (SSSR count). The first-order chi connectivity index (χ1) is 9.06. The van der Waals surface area contributed by atoms with E-state index in [2.05, 4.69) is 32.9 Å². The van der Waals surface area contributed by atoms with Gasteiger partial charge >= 0.3 is 0 Å². The number of fused-ring (bicyclic) bond motifs is 1. The number of nitrogens with one attached hydrogen (secondary N) is 1. The lowest BCUT2D eigenvalue weighted by molar-refractivity contribution is 0.131. The van der Waals surface area contributed by atoms with Gasteiger partial charge < -0.3 is 15.3 Å². The zero-order valence-corrected chi connectivity index (χ0v) is 12.2. The molecule has 1 aromatic heterocycles. The van der Waals surface area contributed by atoms with Crippen molar-refractivity contribution < 1.29 is 5.11 Å². The molecule has 1 atom stereocenters. The summed E-state index contributed by atoms with van der Waals surface area (Å²) in [5.41, 5.74) is 1.88. The van der Waals surface area contributed by atoms with Gasteiger partial charge in [-0.05, 0) is 18.2 Å². The number of hydrogen-bond donors (Lipinski definition) is 2. The molecule has 0 amide bonds. The van der Waals surface area contributed by atoms with Crippen LogP contribution in [0.25, 0.3) is 10.9 Å². The summed E-state index contributed by atoms with van der Waals surface area (Å²) in [5.74, 6) is 0.789. The Morgan fingerprint density at radius 1 is 1.53 bits per heavy atom. The van der Waals surface area contributed by atoms with Gasteiger partial charge in [0.05, 0.1) is 5.52 Å². The second-order valence-corrected chi connectivity index (χ2v) is 5.59. The molecule has 0 bridgehead atoms. The maximum absolute atomic E-state index is 10.1. The van der Waals surface area contributed by atoms with E-state index in [1.165, 1.54) is 0 Å². The normalized spacial score (nSPS) is 19.8. The summed E-state index contributed by atoms with van der Waals surface area (Å²) in [5, 5.41) is 18.6. The number of anilines is 1. The van der Waals surface area contributed by atoms with Crippen LogP contribution in [0.1, 0.15) is 6.42 Å². The van der Waals surface area contributed by atoms with E-state index in [0.717, 1.165) is 33.3 Å². The lowest BCUT2D eigenvalue weighted by Crippen LogP contribution is -2.50. The Balaban J connectivity index is 2.08. The molecule has 5 nitrogen and oxygen atoms in total. The quantitative estimate of drug-likeness (QED) is 0.842. The molecular formula is C13H15BrN4O. The fraction of sp³-hybridized carbons (Fsp3) is 0.308. The number of nitrogens with zero attached hydrogens (tertiary/aromatic N) is 3. The van der Waals surface area contributed by atoms with Crippen LogP contribution in [0.5, 0.6) is 0 Å². The molecule has 1 aromatic carbocycles. The maximum Gasteiger partial charge on any atom is 0.206 e. The van der Waals surface area contributed by atoms with Gasteiger partial charge in [-0.3, -0.25) is 4.68 Å². The minimum atomic E-state index is -0.775. The van der Waals surface area contributed by atoms with Gasteiger partial charge in [0.15, 0.2) is 5.82 Å². The standard InChI is InChI=1S/C13H15BrN4O/c1-8-5-6-18(13(19)15-8)12-10-4-3-9(14)7-11(10)17(2)16-12/h3-4,7,13,15,19H,1,5-6H2,2H3. The smallest absolute Gasteiger partial charge is 0.206 e. The van der Waals surface area contributed by atoms with Gasteiger partial charge in [0, 0.05) is 35.6 Å². The molecule has 6 heteroatoms. The van der Waals surface area contributed by atoms with Gasteiger partial charge in [-0.25, -0.2) is 0 Å². The van der Waals surface area contributed by atoms with E-state index >= 15 is 0 Å². The molecule has 100 valence electrons. The monoisotopic (exact) mass is 322 g/mol. The molecule has 0 saturated carbocycles. The lowest BCUT2D eigenvalue weighted by atomic mass is 10.2. The molecule has 0 aliphatic carbocycles. The van der Waals surface area contributed by atoms with E-state index in [1.807, 2.05) is 34.8 Å². The van der Waals surface area contributed by atoms with Crippen LogP contribution < -0.4 is 10.2 Å². The van der Waals surface area contributed by atoms with Gasteiger partial charge in [0.25, 0.3) is 0 Å². The fourth-order valence-corrected chi connectivity index (χ4v) is 2.70. The molecule has 1 saturated heterocycles. The highest BCUT2D eigenvalue weighted by Gasteiger charge is 2.25. The number of aromatic nitrogens is 2. The van der Waals surface area contributed by atoms with E-state index in [-0.39, 0.29) is 0 Å². The second-order valence-electron chi connectivity index (χ2n) is 4.67. The van der Waals surface area contributed by atoms with E-state index < -0.39 is 6.35 Å². The van der Waals surface area contributed by atoms with Gasteiger partial charge in [0.1, 0.15) is 0 Å². The van der Waals surface area contributed by atoms with Crippen molar-refractivity contribution in [2.75, 3.05) is 11.4 Å². The summed E-state index contributed by atoms with van der Waals surface area (Å²) < 4.78 is 2.84. The zero-order valence-electron chi connectivity index (χ0n) is 10.6. The molecule has 1 fully saturated rings. The van der Waals surface area contributed by atoms with Crippen molar-refractivity contribution in [1.82, 2.24) is 15.1 Å². The fourth-order valence-electron chi connectivity index (χ4n) is 2.36. The highest BCUT2D eigenvalue weighted by Crippen LogP contribution is 2.30. The van der Waals surface area contributed by atoms with E-state index in [9.17, 15) is 5.11 Å². The van der Waals surface area contributed by atoms with Crippen LogP contribution in [0.3, 0.4) is 0 Å². The second kappa shape index (κ2) is 4.54. The number of aryl methyl sites for hydroxylation is 1. The molecule has 1 unspecified atom stereocenters. The third-order valence-corrected chi connectivity index (χ3v) is 3.84. The Kier molecular flexibility index (Phi) is 2.99. The molecule has 1 aliphatic rings. The third kappa shape index (κ3) is 2.11. The number of benzene rings is 1. The van der Waals surface area contributed by atoms with Crippen LogP contribution in [-0.4, -0.2) is 27.8 Å². The van der Waals surface area contributed by atoms with Crippen molar-refractivity contribution >= 4 is 32.7 Å². The van der Waals surface area contributed by atoms with Gasteiger partial charge in [0.2, 0.25) is 6.35 Å². The van der Waals surface area contributed by atoms with Gasteiger partial charge in [-0.15, -0.1) is 0 Å². The minimum absolute atomic E-state index is 0.704. The SMILES string of the molecule is C=C1CCN(c2nn(C)c3cc(Br)ccc23)C(O)N1. The average Bonchev–Trinajstić information content (AvgIpc) is 2.66. The summed E-state index contributed by atoms with van der Waals surface area (Å²) in [4.78, 5) is 1.85. The summed E-state index contributed by atoms with van der Waals surface area (Å²) >= 11 is 3.46. The van der Waals surface area contributed by atoms with Crippen molar-refractivity contribution in [2.45, 2.75) is 12.8 Å². The Bertz CT molecular complexity index is 651. The van der Waals surface area contributed by atoms with Gasteiger partial charge in [-0.1, -0.05) is 22.5 Å². The number of halogens is 1. The summed E-state index contributed by atoms with van der Waals surface area (Å²) in [6.45, 7) is 4.55. The number of aliphatic hydroxyl groups excluding tert-OH is 1. The Labute approximate surface area is 119 Å². The molecule has 0 spiro atoms. The molecule has 2 N–H and O–H groups in total. The summed E-state index contributed by atoms with van der Waals surface area (Å²) in [6.07, 6.45) is 0.0223. The Morgan fingerprint density at radius 3 is 3.05 bits per heavy atom. The zero-order chi connectivity index (χ0) is 13.6. The van der Waals surface area contributed by atoms with E-state index in [0.29, 0.717) is 6.54 Å². The largest absolute Gasteiger partial charge is 0.356 e. The van der Waals surface area contributed by atoms with Crippen molar-refractivity contribution in [3.05, 3.63) is 34.9 Å². The Morgan fingerprint density at radius 2 is 2.32 bits per heavy atom. The molecule has 2 heterocycles. The van der Waals surface area contributed by atoms with Crippen molar-refractivity contribution in [3.8, 4) is 0 Å². The first-order valence-electron chi connectivity index (χ1n) is 6.07. The minimum Gasteiger partial charge on any atom is -0.356 e. The molecule has 0 radical (unpaired) electrons. The van der Waals surface area contributed by atoms with E-state index in [1.54, 1.807) is 0 Å². The first kappa shape index (κ1) is 12.5. The molecule has 19 heavy (non-hydrogen) atoms. The third-order valence-electron chi connectivity index (χ3n) is 3.35. The highest BCUT2D eigenvalue weighted by atomic mass is 79.9. The van der Waals surface area contributed by atoms with Crippen molar-refractivity contribution in [1.29, 1.82) is 0 Å². The lowest BCUT2D eigenvalue weighted by Gasteiger charge is -2.34. The predicted octanol–water partition coefficient (Wildman–Crippen LogP) is 1.93. The highest BCUT2D eigenvalue weighted by molar-refractivity contribution is 9.10. The van der Waals surface area contributed by atoms with Crippen LogP contribution >= 0.6 is 15.9 Å². The van der Waals surface area contributed by atoms with Crippen molar-refractivity contribution in [2.24, 2.45) is 7.05 Å². The summed E-state index contributed by atoms with van der Waals surface area (Å²) in [6, 6.07) is 6.02. The topological polar surface area (TPSA) is 53.3 Å². The molecular weight excluding hydrogens is 308 g/mol.